The van der Waals surface area contributed by atoms with E-state index in [2.05, 4.69) is 11.9 Å². The van der Waals surface area contributed by atoms with Crippen molar-refractivity contribution in [2.45, 2.75) is 25.8 Å². The van der Waals surface area contributed by atoms with Gasteiger partial charge in [-0.25, -0.2) is 0 Å². The predicted octanol–water partition coefficient (Wildman–Crippen LogP) is 2.18. The molecule has 1 aromatic carbocycles. The zero-order valence-corrected chi connectivity index (χ0v) is 9.94. The highest BCUT2D eigenvalue weighted by Gasteiger charge is 2.06. The van der Waals surface area contributed by atoms with Crippen LogP contribution in [0.25, 0.3) is 0 Å². The molecule has 3 nitrogen and oxygen atoms in total. The van der Waals surface area contributed by atoms with Crippen molar-refractivity contribution < 1.29 is 4.79 Å². The second-order valence-corrected chi connectivity index (χ2v) is 3.98. The Labute approximate surface area is 102 Å². The molecule has 0 saturated heterocycles. The van der Waals surface area contributed by atoms with Crippen molar-refractivity contribution >= 4 is 5.91 Å². The van der Waals surface area contributed by atoms with Gasteiger partial charge in [0, 0.05) is 6.04 Å². The standard InChI is InChI=1S/C14H16N2O/c1-3-4-11(2)16-14(17)9-12-5-7-13(10-15)8-6-12/h3,5-8,11H,1,4,9H2,2H3,(H,16,17). The van der Waals surface area contributed by atoms with E-state index in [9.17, 15) is 4.79 Å². The third kappa shape index (κ3) is 4.52. The summed E-state index contributed by atoms with van der Waals surface area (Å²) < 4.78 is 0. The molecule has 1 aromatic rings. The van der Waals surface area contributed by atoms with Gasteiger partial charge in [-0.3, -0.25) is 4.79 Å². The monoisotopic (exact) mass is 228 g/mol. The zero-order valence-electron chi connectivity index (χ0n) is 9.94. The van der Waals surface area contributed by atoms with Crippen molar-refractivity contribution in [1.29, 1.82) is 5.26 Å². The van der Waals surface area contributed by atoms with Crippen LogP contribution in [-0.4, -0.2) is 11.9 Å². The van der Waals surface area contributed by atoms with Crippen molar-refractivity contribution in [2.75, 3.05) is 0 Å². The van der Waals surface area contributed by atoms with Gasteiger partial charge in [0.05, 0.1) is 18.1 Å². The van der Waals surface area contributed by atoms with Gasteiger partial charge in [-0.15, -0.1) is 6.58 Å². The Morgan fingerprint density at radius 1 is 1.53 bits per heavy atom. The summed E-state index contributed by atoms with van der Waals surface area (Å²) in [5.74, 6) is -0.0101. The lowest BCUT2D eigenvalue weighted by Gasteiger charge is -2.11. The van der Waals surface area contributed by atoms with Crippen LogP contribution in [0.2, 0.25) is 0 Å². The van der Waals surface area contributed by atoms with E-state index in [0.29, 0.717) is 12.0 Å². The maximum atomic E-state index is 11.6. The van der Waals surface area contributed by atoms with Gasteiger partial charge in [0.25, 0.3) is 0 Å². The molecule has 3 heteroatoms. The fourth-order valence-corrected chi connectivity index (χ4v) is 1.52. The number of hydrogen-bond donors (Lipinski definition) is 1. The first-order valence-corrected chi connectivity index (χ1v) is 5.55. The zero-order chi connectivity index (χ0) is 12.7. The van der Waals surface area contributed by atoms with Crippen LogP contribution >= 0.6 is 0 Å². The number of carbonyl (C=O) groups excluding carboxylic acids is 1. The molecule has 0 heterocycles. The Hall–Kier alpha value is -2.08. The minimum absolute atomic E-state index is 0.0101. The average Bonchev–Trinajstić information content (AvgIpc) is 2.30. The van der Waals surface area contributed by atoms with E-state index in [1.54, 1.807) is 30.3 Å². The number of carbonyl (C=O) groups is 1. The molecule has 0 bridgehead atoms. The van der Waals surface area contributed by atoms with Crippen LogP contribution in [0.3, 0.4) is 0 Å². The van der Waals surface area contributed by atoms with E-state index in [4.69, 9.17) is 5.26 Å². The fourth-order valence-electron chi connectivity index (χ4n) is 1.52. The molecule has 0 aliphatic rings. The summed E-state index contributed by atoms with van der Waals surface area (Å²) >= 11 is 0. The second-order valence-electron chi connectivity index (χ2n) is 3.98. The molecular weight excluding hydrogens is 212 g/mol. The van der Waals surface area contributed by atoms with Gasteiger partial charge >= 0.3 is 0 Å². The SMILES string of the molecule is C=CCC(C)NC(=O)Cc1ccc(C#N)cc1. The molecule has 0 saturated carbocycles. The van der Waals surface area contributed by atoms with Gasteiger partial charge in [0.15, 0.2) is 0 Å². The third-order valence-electron chi connectivity index (χ3n) is 2.38. The highest BCUT2D eigenvalue weighted by atomic mass is 16.1. The summed E-state index contributed by atoms with van der Waals surface area (Å²) in [7, 11) is 0. The smallest absolute Gasteiger partial charge is 0.224 e. The van der Waals surface area contributed by atoms with Crippen molar-refractivity contribution in [3.8, 4) is 6.07 Å². The largest absolute Gasteiger partial charge is 0.353 e. The average molecular weight is 228 g/mol. The first kappa shape index (κ1) is 13.0. The number of nitrogens with one attached hydrogen (secondary N) is 1. The van der Waals surface area contributed by atoms with Crippen LogP contribution in [-0.2, 0) is 11.2 Å². The number of nitrogens with zero attached hydrogens (tertiary/aromatic N) is 1. The molecule has 0 aliphatic carbocycles. The van der Waals surface area contributed by atoms with E-state index in [-0.39, 0.29) is 11.9 Å². The summed E-state index contributed by atoms with van der Waals surface area (Å²) in [5.41, 5.74) is 1.52. The fraction of sp³-hybridized carbons (Fsp3) is 0.286. The van der Waals surface area contributed by atoms with Crippen LogP contribution in [0.4, 0.5) is 0 Å². The van der Waals surface area contributed by atoms with Crippen LogP contribution in [0.5, 0.6) is 0 Å². The van der Waals surface area contributed by atoms with Gasteiger partial charge in [-0.05, 0) is 31.0 Å². The van der Waals surface area contributed by atoms with Crippen molar-refractivity contribution in [3.63, 3.8) is 0 Å². The van der Waals surface area contributed by atoms with Crippen LogP contribution < -0.4 is 5.32 Å². The highest BCUT2D eigenvalue weighted by Crippen LogP contribution is 2.04. The molecular formula is C14H16N2O. The predicted molar refractivity (Wildman–Crippen MR) is 67.3 cm³/mol. The van der Waals surface area contributed by atoms with Crippen molar-refractivity contribution in [2.24, 2.45) is 0 Å². The first-order chi connectivity index (χ1) is 8.15. The molecule has 1 unspecified atom stereocenters. The van der Waals surface area contributed by atoms with Crippen molar-refractivity contribution in [3.05, 3.63) is 48.0 Å². The summed E-state index contributed by atoms with van der Waals surface area (Å²) in [6, 6.07) is 9.19. The molecule has 1 amide bonds. The summed E-state index contributed by atoms with van der Waals surface area (Å²) in [4.78, 5) is 11.6. The van der Waals surface area contributed by atoms with Crippen LogP contribution in [0.1, 0.15) is 24.5 Å². The molecule has 1 N–H and O–H groups in total. The molecule has 0 aromatic heterocycles. The quantitative estimate of drug-likeness (QED) is 0.785. The third-order valence-corrected chi connectivity index (χ3v) is 2.38. The Kier molecular flexibility index (Phi) is 4.96. The Morgan fingerprint density at radius 3 is 2.71 bits per heavy atom. The van der Waals surface area contributed by atoms with E-state index < -0.39 is 0 Å². The van der Waals surface area contributed by atoms with Gasteiger partial charge in [-0.2, -0.15) is 5.26 Å². The highest BCUT2D eigenvalue weighted by molar-refractivity contribution is 5.78. The van der Waals surface area contributed by atoms with E-state index in [0.717, 1.165) is 12.0 Å². The second kappa shape index (κ2) is 6.49. The Morgan fingerprint density at radius 2 is 2.18 bits per heavy atom. The van der Waals surface area contributed by atoms with Gasteiger partial charge < -0.3 is 5.32 Å². The Balaban J connectivity index is 2.50. The molecule has 0 fully saturated rings. The van der Waals surface area contributed by atoms with E-state index in [1.807, 2.05) is 13.0 Å². The Bertz CT molecular complexity index is 429. The van der Waals surface area contributed by atoms with E-state index in [1.165, 1.54) is 0 Å². The normalized spacial score (nSPS) is 11.3. The lowest BCUT2D eigenvalue weighted by molar-refractivity contribution is -0.121. The topological polar surface area (TPSA) is 52.9 Å². The molecule has 1 atom stereocenters. The molecule has 1 rings (SSSR count). The molecule has 88 valence electrons. The van der Waals surface area contributed by atoms with E-state index >= 15 is 0 Å². The summed E-state index contributed by atoms with van der Waals surface area (Å²) in [6.45, 7) is 5.57. The number of benzene rings is 1. The minimum Gasteiger partial charge on any atom is -0.353 e. The van der Waals surface area contributed by atoms with Crippen molar-refractivity contribution in [1.82, 2.24) is 5.32 Å². The molecule has 0 aliphatic heterocycles. The van der Waals surface area contributed by atoms with Crippen LogP contribution in [0.15, 0.2) is 36.9 Å². The lowest BCUT2D eigenvalue weighted by atomic mass is 10.1. The minimum atomic E-state index is -0.0101. The van der Waals surface area contributed by atoms with Crippen LogP contribution in [0, 0.1) is 11.3 Å². The number of rotatable bonds is 5. The maximum Gasteiger partial charge on any atom is 0.224 e. The molecule has 17 heavy (non-hydrogen) atoms. The number of hydrogen-bond acceptors (Lipinski definition) is 2. The number of nitriles is 1. The van der Waals surface area contributed by atoms with Gasteiger partial charge in [0.2, 0.25) is 5.91 Å². The summed E-state index contributed by atoms with van der Waals surface area (Å²) in [5, 5.41) is 11.5. The first-order valence-electron chi connectivity index (χ1n) is 5.55. The molecule has 0 spiro atoms. The van der Waals surface area contributed by atoms with Gasteiger partial charge in [-0.1, -0.05) is 18.2 Å². The molecule has 0 radical (unpaired) electrons. The number of amides is 1. The van der Waals surface area contributed by atoms with Gasteiger partial charge in [0.1, 0.15) is 0 Å². The lowest BCUT2D eigenvalue weighted by Crippen LogP contribution is -2.33. The summed E-state index contributed by atoms with van der Waals surface area (Å²) in [6.07, 6.45) is 2.89. The maximum absolute atomic E-state index is 11.6.